The van der Waals surface area contributed by atoms with Crippen LogP contribution < -0.4 is 10.2 Å². The molecule has 0 spiro atoms. The molecule has 0 aliphatic heterocycles. The first kappa shape index (κ1) is 19.0. The van der Waals surface area contributed by atoms with Crippen molar-refractivity contribution in [1.82, 2.24) is 5.43 Å². The highest BCUT2D eigenvalue weighted by atomic mass is 35.5. The Morgan fingerprint density at radius 3 is 2.52 bits per heavy atom. The summed E-state index contributed by atoms with van der Waals surface area (Å²) in [6.45, 7) is 0.443. The summed E-state index contributed by atoms with van der Waals surface area (Å²) in [6, 6.07) is 22.0. The predicted molar refractivity (Wildman–Crippen MR) is 109 cm³/mol. The minimum absolute atomic E-state index is 0.266. The maximum atomic E-state index is 12.2. The van der Waals surface area contributed by atoms with E-state index < -0.39 is 5.91 Å². The molecular weight excluding hydrogens is 383 g/mol. The summed E-state index contributed by atoms with van der Waals surface area (Å²) >= 11 is 11.9. The Bertz CT molecular complexity index is 959. The molecule has 0 unspecified atom stereocenters. The van der Waals surface area contributed by atoms with Crippen LogP contribution in [0, 0.1) is 0 Å². The lowest BCUT2D eigenvalue weighted by atomic mass is 10.2. The normalized spacial score (nSPS) is 10.7. The van der Waals surface area contributed by atoms with Gasteiger partial charge in [-0.1, -0.05) is 65.7 Å². The van der Waals surface area contributed by atoms with Crippen LogP contribution in [0.5, 0.6) is 5.75 Å². The molecule has 0 radical (unpaired) electrons. The van der Waals surface area contributed by atoms with Gasteiger partial charge < -0.3 is 4.74 Å². The number of ether oxygens (including phenoxy) is 1. The van der Waals surface area contributed by atoms with Crippen LogP contribution in [-0.2, 0) is 6.61 Å². The van der Waals surface area contributed by atoms with Crippen LogP contribution in [0.3, 0.4) is 0 Å². The van der Waals surface area contributed by atoms with Gasteiger partial charge in [0, 0.05) is 10.6 Å². The van der Waals surface area contributed by atoms with Crippen molar-refractivity contribution in [2.45, 2.75) is 6.61 Å². The third kappa shape index (κ3) is 5.33. The van der Waals surface area contributed by atoms with Crippen molar-refractivity contribution < 1.29 is 9.53 Å². The zero-order chi connectivity index (χ0) is 19.1. The van der Waals surface area contributed by atoms with Gasteiger partial charge in [-0.3, -0.25) is 4.79 Å². The Balaban J connectivity index is 1.65. The fourth-order valence-corrected chi connectivity index (χ4v) is 2.84. The minimum atomic E-state index is -0.421. The Morgan fingerprint density at radius 2 is 1.74 bits per heavy atom. The molecule has 3 rings (SSSR count). The first-order chi connectivity index (χ1) is 13.1. The van der Waals surface area contributed by atoms with Gasteiger partial charge in [0.25, 0.3) is 5.91 Å². The number of benzene rings is 3. The molecule has 0 bridgehead atoms. The van der Waals surface area contributed by atoms with Crippen LogP contribution >= 0.6 is 23.2 Å². The van der Waals surface area contributed by atoms with Gasteiger partial charge in [0.1, 0.15) is 12.4 Å². The van der Waals surface area contributed by atoms with E-state index in [4.69, 9.17) is 27.9 Å². The highest BCUT2D eigenvalue weighted by molar-refractivity contribution is 6.36. The summed E-state index contributed by atoms with van der Waals surface area (Å²) in [4.78, 5) is 12.2. The van der Waals surface area contributed by atoms with Gasteiger partial charge in [0.15, 0.2) is 0 Å². The van der Waals surface area contributed by atoms with Gasteiger partial charge in [0.05, 0.1) is 16.8 Å². The summed E-state index contributed by atoms with van der Waals surface area (Å²) in [5, 5.41) is 4.73. The molecule has 27 heavy (non-hydrogen) atoms. The monoisotopic (exact) mass is 398 g/mol. The number of hydrogen-bond donors (Lipinski definition) is 1. The third-order valence-electron chi connectivity index (χ3n) is 3.70. The van der Waals surface area contributed by atoms with E-state index in [1.54, 1.807) is 12.1 Å². The zero-order valence-electron chi connectivity index (χ0n) is 14.2. The molecule has 1 N–H and O–H groups in total. The van der Waals surface area contributed by atoms with E-state index in [0.29, 0.717) is 22.9 Å². The Kier molecular flexibility index (Phi) is 6.47. The average Bonchev–Trinajstić information content (AvgIpc) is 2.68. The first-order valence-electron chi connectivity index (χ1n) is 8.17. The number of nitrogens with one attached hydrogen (secondary N) is 1. The smallest absolute Gasteiger partial charge is 0.272 e. The van der Waals surface area contributed by atoms with Crippen LogP contribution in [-0.4, -0.2) is 12.1 Å². The zero-order valence-corrected chi connectivity index (χ0v) is 15.7. The second-order valence-electron chi connectivity index (χ2n) is 5.64. The molecule has 0 aromatic heterocycles. The molecule has 0 aliphatic carbocycles. The van der Waals surface area contributed by atoms with Gasteiger partial charge in [-0.25, -0.2) is 5.43 Å². The minimum Gasteiger partial charge on any atom is -0.488 e. The van der Waals surface area contributed by atoms with Crippen LogP contribution in [0.2, 0.25) is 10.0 Å². The molecule has 0 atom stereocenters. The van der Waals surface area contributed by atoms with E-state index in [9.17, 15) is 4.79 Å². The maximum Gasteiger partial charge on any atom is 0.272 e. The second-order valence-corrected chi connectivity index (χ2v) is 6.48. The highest BCUT2D eigenvalue weighted by Gasteiger charge is 2.09. The summed E-state index contributed by atoms with van der Waals surface area (Å²) in [5.74, 6) is 0.250. The molecule has 4 nitrogen and oxygen atoms in total. The van der Waals surface area contributed by atoms with Gasteiger partial charge in [0.2, 0.25) is 0 Å². The second kappa shape index (κ2) is 9.21. The summed E-state index contributed by atoms with van der Waals surface area (Å²) in [6.07, 6.45) is 1.53. The van der Waals surface area contributed by atoms with E-state index in [1.165, 1.54) is 12.3 Å². The topological polar surface area (TPSA) is 50.7 Å². The van der Waals surface area contributed by atoms with Crippen molar-refractivity contribution in [3.63, 3.8) is 0 Å². The Labute approximate surface area is 167 Å². The van der Waals surface area contributed by atoms with Crippen LogP contribution in [0.4, 0.5) is 0 Å². The van der Waals surface area contributed by atoms with E-state index >= 15 is 0 Å². The number of carbonyl (C=O) groups excluding carboxylic acids is 1. The lowest BCUT2D eigenvalue weighted by molar-refractivity contribution is 0.0955. The van der Waals surface area contributed by atoms with Crippen LogP contribution in [0.1, 0.15) is 21.5 Å². The Morgan fingerprint density at radius 1 is 1.00 bits per heavy atom. The number of hydrogen-bond acceptors (Lipinski definition) is 3. The number of rotatable bonds is 6. The summed E-state index contributed by atoms with van der Waals surface area (Å²) in [5.41, 5.74) is 4.57. The standard InChI is InChI=1S/C21H16Cl2N2O2/c22-17-10-11-18(19(23)12-17)21(26)25-24-13-16-8-4-5-9-20(16)27-14-15-6-2-1-3-7-15/h1-13H,14H2,(H,25,26)/b24-13+. The van der Waals surface area contributed by atoms with Crippen molar-refractivity contribution in [1.29, 1.82) is 0 Å². The van der Waals surface area contributed by atoms with Crippen molar-refractivity contribution in [2.75, 3.05) is 0 Å². The van der Waals surface area contributed by atoms with E-state index in [2.05, 4.69) is 10.5 Å². The van der Waals surface area contributed by atoms with Crippen molar-refractivity contribution in [3.05, 3.63) is 99.5 Å². The predicted octanol–water partition coefficient (Wildman–Crippen LogP) is 5.34. The molecule has 0 saturated carbocycles. The van der Waals surface area contributed by atoms with Crippen molar-refractivity contribution >= 4 is 35.3 Å². The SMILES string of the molecule is O=C(N/N=C/c1ccccc1OCc1ccccc1)c1ccc(Cl)cc1Cl. The molecule has 1 amide bonds. The summed E-state index contributed by atoms with van der Waals surface area (Å²) < 4.78 is 5.86. The molecule has 0 aliphatic rings. The molecule has 136 valence electrons. The van der Waals surface area contributed by atoms with Crippen LogP contribution in [0.25, 0.3) is 0 Å². The third-order valence-corrected chi connectivity index (χ3v) is 4.25. The molecular formula is C21H16Cl2N2O2. The quantitative estimate of drug-likeness (QED) is 0.450. The van der Waals surface area contributed by atoms with Crippen molar-refractivity contribution in [2.24, 2.45) is 5.10 Å². The average molecular weight is 399 g/mol. The lowest BCUT2D eigenvalue weighted by Gasteiger charge is -2.09. The van der Waals surface area contributed by atoms with Gasteiger partial charge >= 0.3 is 0 Å². The fraction of sp³-hybridized carbons (Fsp3) is 0.0476. The Hall–Kier alpha value is -2.82. The van der Waals surface area contributed by atoms with Crippen molar-refractivity contribution in [3.8, 4) is 5.75 Å². The van der Waals surface area contributed by atoms with Gasteiger partial charge in [-0.05, 0) is 35.9 Å². The fourth-order valence-electron chi connectivity index (χ4n) is 2.35. The number of para-hydroxylation sites is 1. The largest absolute Gasteiger partial charge is 0.488 e. The van der Waals surface area contributed by atoms with E-state index in [-0.39, 0.29) is 5.02 Å². The van der Waals surface area contributed by atoms with Crippen LogP contribution in [0.15, 0.2) is 77.9 Å². The van der Waals surface area contributed by atoms with Gasteiger partial charge in [-0.2, -0.15) is 5.10 Å². The molecule has 0 heterocycles. The summed E-state index contributed by atoms with van der Waals surface area (Å²) in [7, 11) is 0. The number of hydrazone groups is 1. The van der Waals surface area contributed by atoms with Gasteiger partial charge in [-0.15, -0.1) is 0 Å². The molecule has 6 heteroatoms. The number of nitrogens with zero attached hydrogens (tertiary/aromatic N) is 1. The van der Waals surface area contributed by atoms with E-state index in [1.807, 2.05) is 54.6 Å². The highest BCUT2D eigenvalue weighted by Crippen LogP contribution is 2.21. The maximum absolute atomic E-state index is 12.2. The lowest BCUT2D eigenvalue weighted by Crippen LogP contribution is -2.18. The van der Waals surface area contributed by atoms with E-state index in [0.717, 1.165) is 11.1 Å². The molecule has 0 saturated heterocycles. The first-order valence-corrected chi connectivity index (χ1v) is 8.93. The number of carbonyl (C=O) groups is 1. The molecule has 0 fully saturated rings. The molecule has 3 aromatic carbocycles. The molecule has 3 aromatic rings. The number of halogens is 2. The number of amides is 1.